The van der Waals surface area contributed by atoms with Crippen molar-refractivity contribution in [3.63, 3.8) is 0 Å². The number of aliphatic hydroxyl groups is 1. The van der Waals surface area contributed by atoms with Crippen molar-refractivity contribution in [2.24, 2.45) is 18.4 Å². The maximum Gasteiger partial charge on any atom is 0.260 e. The van der Waals surface area contributed by atoms with Crippen LogP contribution in [0, 0.1) is 11.3 Å². The molecule has 6 nitrogen and oxygen atoms in total. The minimum Gasteiger partial charge on any atom is -0.396 e. The summed E-state index contributed by atoms with van der Waals surface area (Å²) >= 11 is 0. The first kappa shape index (κ1) is 16.0. The van der Waals surface area contributed by atoms with Crippen LogP contribution in [-0.2, 0) is 29.9 Å². The monoisotopic (exact) mass is 327 g/mol. The maximum absolute atomic E-state index is 13.1. The molecule has 0 radical (unpaired) electrons. The lowest BCUT2D eigenvalue weighted by Gasteiger charge is -2.25. The molecule has 0 saturated carbocycles. The van der Waals surface area contributed by atoms with Crippen LogP contribution in [0.15, 0.2) is 5.03 Å². The van der Waals surface area contributed by atoms with E-state index in [1.54, 1.807) is 7.05 Å². The zero-order chi connectivity index (χ0) is 16.1. The van der Waals surface area contributed by atoms with Crippen molar-refractivity contribution in [1.82, 2.24) is 14.1 Å². The Balaban J connectivity index is 2.00. The van der Waals surface area contributed by atoms with Gasteiger partial charge in [0.2, 0.25) is 0 Å². The fraction of sp³-hybridized carbons (Fsp3) is 0.800. The predicted octanol–water partition coefficient (Wildman–Crippen LogP) is 0.938. The molecule has 1 fully saturated rings. The third-order valence-electron chi connectivity index (χ3n) is 5.41. The summed E-state index contributed by atoms with van der Waals surface area (Å²) in [5.41, 5.74) is 1.47. The van der Waals surface area contributed by atoms with E-state index in [0.717, 1.165) is 36.9 Å². The lowest BCUT2D eigenvalue weighted by atomic mass is 9.82. The molecule has 0 bridgehead atoms. The standard InChI is InChI=1S/C15H25N3O3S/c1-11-8-18(9-15(11,2)10-19)22(20,21)14-12-6-4-5-7-13(12)16-17(14)3/h11,19H,4-10H2,1-3H3. The summed E-state index contributed by atoms with van der Waals surface area (Å²) in [5, 5.41) is 14.4. The molecule has 2 unspecified atom stereocenters. The first-order valence-corrected chi connectivity index (χ1v) is 9.39. The normalized spacial score (nSPS) is 29.7. The molecule has 2 atom stereocenters. The molecule has 1 aromatic rings. The van der Waals surface area contributed by atoms with Crippen LogP contribution in [0.1, 0.15) is 37.9 Å². The van der Waals surface area contributed by atoms with Crippen molar-refractivity contribution >= 4 is 10.0 Å². The number of nitrogens with zero attached hydrogens (tertiary/aromatic N) is 3. The zero-order valence-electron chi connectivity index (χ0n) is 13.5. The summed E-state index contributed by atoms with van der Waals surface area (Å²) < 4.78 is 29.3. The van der Waals surface area contributed by atoms with Gasteiger partial charge in [-0.2, -0.15) is 9.40 Å². The fourth-order valence-corrected chi connectivity index (χ4v) is 5.67. The topological polar surface area (TPSA) is 75.4 Å². The van der Waals surface area contributed by atoms with Crippen LogP contribution >= 0.6 is 0 Å². The average Bonchev–Trinajstić information content (AvgIpc) is 2.97. The van der Waals surface area contributed by atoms with Crippen molar-refractivity contribution in [3.05, 3.63) is 11.3 Å². The Morgan fingerprint density at radius 2 is 2.05 bits per heavy atom. The van der Waals surface area contributed by atoms with E-state index in [2.05, 4.69) is 5.10 Å². The molecule has 1 aromatic heterocycles. The van der Waals surface area contributed by atoms with E-state index in [-0.39, 0.29) is 17.9 Å². The number of aromatic nitrogens is 2. The van der Waals surface area contributed by atoms with Gasteiger partial charge in [-0.3, -0.25) is 4.68 Å². The summed E-state index contributed by atoms with van der Waals surface area (Å²) in [6.07, 6.45) is 3.75. The number of rotatable bonds is 3. The van der Waals surface area contributed by atoms with E-state index in [1.807, 2.05) is 13.8 Å². The van der Waals surface area contributed by atoms with Crippen LogP contribution in [0.2, 0.25) is 0 Å². The van der Waals surface area contributed by atoms with Crippen molar-refractivity contribution in [1.29, 1.82) is 0 Å². The molecule has 124 valence electrons. The largest absolute Gasteiger partial charge is 0.396 e. The van der Waals surface area contributed by atoms with Gasteiger partial charge in [0, 0.05) is 37.7 Å². The van der Waals surface area contributed by atoms with E-state index in [4.69, 9.17) is 0 Å². The Bertz CT molecular complexity index is 682. The Hall–Kier alpha value is -0.920. The van der Waals surface area contributed by atoms with Crippen LogP contribution in [-0.4, -0.2) is 47.3 Å². The van der Waals surface area contributed by atoms with Gasteiger partial charge < -0.3 is 5.11 Å². The molecule has 1 aliphatic heterocycles. The molecule has 0 aromatic carbocycles. The molecular formula is C15H25N3O3S. The number of sulfonamides is 1. The van der Waals surface area contributed by atoms with Gasteiger partial charge in [-0.1, -0.05) is 13.8 Å². The van der Waals surface area contributed by atoms with Crippen LogP contribution in [0.3, 0.4) is 0 Å². The minimum absolute atomic E-state index is 0.00365. The van der Waals surface area contributed by atoms with E-state index < -0.39 is 10.0 Å². The summed E-state index contributed by atoms with van der Waals surface area (Å²) in [4.78, 5) is 0. The highest BCUT2D eigenvalue weighted by Gasteiger charge is 2.46. The van der Waals surface area contributed by atoms with E-state index >= 15 is 0 Å². The molecule has 1 aliphatic carbocycles. The number of hydrogen-bond acceptors (Lipinski definition) is 4. The first-order valence-electron chi connectivity index (χ1n) is 7.95. The molecule has 2 heterocycles. The maximum atomic E-state index is 13.1. The third kappa shape index (κ3) is 2.30. The molecule has 1 N–H and O–H groups in total. The highest BCUT2D eigenvalue weighted by molar-refractivity contribution is 7.89. The first-order chi connectivity index (χ1) is 10.3. The second-order valence-corrected chi connectivity index (χ2v) is 8.93. The van der Waals surface area contributed by atoms with Crippen molar-refractivity contribution < 1.29 is 13.5 Å². The summed E-state index contributed by atoms with van der Waals surface area (Å²) in [5.74, 6) is 0.135. The number of aliphatic hydroxyl groups excluding tert-OH is 1. The van der Waals surface area contributed by atoms with E-state index in [9.17, 15) is 13.5 Å². The summed E-state index contributed by atoms with van der Waals surface area (Å²) in [6.45, 7) is 4.78. The van der Waals surface area contributed by atoms with Gasteiger partial charge in [0.25, 0.3) is 10.0 Å². The quantitative estimate of drug-likeness (QED) is 0.896. The SMILES string of the molecule is CC1CN(S(=O)(=O)c2c3c(nn2C)CCCC3)CC1(C)CO. The van der Waals surface area contributed by atoms with Crippen LogP contribution in [0.25, 0.3) is 0 Å². The molecule has 0 amide bonds. The number of fused-ring (bicyclic) bond motifs is 1. The highest BCUT2D eigenvalue weighted by Crippen LogP contribution is 2.39. The van der Waals surface area contributed by atoms with Crippen LogP contribution < -0.4 is 0 Å². The molecule has 2 aliphatic rings. The van der Waals surface area contributed by atoms with Gasteiger partial charge in [0.15, 0.2) is 5.03 Å². The smallest absolute Gasteiger partial charge is 0.260 e. The minimum atomic E-state index is -3.56. The molecular weight excluding hydrogens is 302 g/mol. The third-order valence-corrected chi connectivity index (χ3v) is 7.37. The molecule has 0 spiro atoms. The molecule has 3 rings (SSSR count). The van der Waals surface area contributed by atoms with Crippen molar-refractivity contribution in [3.8, 4) is 0 Å². The number of hydrogen-bond donors (Lipinski definition) is 1. The highest BCUT2D eigenvalue weighted by atomic mass is 32.2. The van der Waals surface area contributed by atoms with E-state index in [0.29, 0.717) is 18.1 Å². The predicted molar refractivity (Wildman–Crippen MR) is 83.0 cm³/mol. The Labute approximate surface area is 132 Å². The molecule has 22 heavy (non-hydrogen) atoms. The molecule has 7 heteroatoms. The van der Waals surface area contributed by atoms with Gasteiger partial charge in [-0.25, -0.2) is 8.42 Å². The lowest BCUT2D eigenvalue weighted by Crippen LogP contribution is -2.34. The summed E-state index contributed by atoms with van der Waals surface area (Å²) in [6, 6.07) is 0. The van der Waals surface area contributed by atoms with Crippen molar-refractivity contribution in [2.75, 3.05) is 19.7 Å². The van der Waals surface area contributed by atoms with Gasteiger partial charge in [0.05, 0.1) is 5.69 Å². The van der Waals surface area contributed by atoms with Gasteiger partial charge >= 0.3 is 0 Å². The van der Waals surface area contributed by atoms with Gasteiger partial charge in [0.1, 0.15) is 0 Å². The fourth-order valence-electron chi connectivity index (χ4n) is 3.63. The van der Waals surface area contributed by atoms with Crippen LogP contribution in [0.5, 0.6) is 0 Å². The Morgan fingerprint density at radius 1 is 1.36 bits per heavy atom. The lowest BCUT2D eigenvalue weighted by molar-refractivity contribution is 0.122. The second-order valence-electron chi connectivity index (χ2n) is 7.07. The Morgan fingerprint density at radius 3 is 2.68 bits per heavy atom. The second kappa shape index (κ2) is 5.32. The average molecular weight is 327 g/mol. The summed E-state index contributed by atoms with van der Waals surface area (Å²) in [7, 11) is -1.84. The van der Waals surface area contributed by atoms with E-state index in [1.165, 1.54) is 8.99 Å². The zero-order valence-corrected chi connectivity index (χ0v) is 14.4. The van der Waals surface area contributed by atoms with Gasteiger partial charge in [-0.05, 0) is 31.6 Å². The number of aryl methyl sites for hydroxylation is 2. The van der Waals surface area contributed by atoms with Crippen molar-refractivity contribution in [2.45, 2.75) is 44.6 Å². The Kier molecular flexibility index (Phi) is 3.86. The van der Waals surface area contributed by atoms with Crippen LogP contribution in [0.4, 0.5) is 0 Å². The van der Waals surface area contributed by atoms with Gasteiger partial charge in [-0.15, -0.1) is 0 Å². The molecule has 1 saturated heterocycles.